The molecule has 0 aromatic heterocycles. The molecule has 0 bridgehead atoms. The Balaban J connectivity index is 4.15. The van der Waals surface area contributed by atoms with Gasteiger partial charge in [-0.2, -0.15) is 0 Å². The molecule has 19 heavy (non-hydrogen) atoms. The first-order valence-corrected chi connectivity index (χ1v) is 6.71. The van der Waals surface area contributed by atoms with Crippen LogP contribution in [0.25, 0.3) is 0 Å². The van der Waals surface area contributed by atoms with E-state index in [1.165, 1.54) is 0 Å². The van der Waals surface area contributed by atoms with Crippen LogP contribution >= 0.6 is 0 Å². The molecular formula is C14H28O5. The molecule has 114 valence electrons. The summed E-state index contributed by atoms with van der Waals surface area (Å²) in [6.45, 7) is 4.31. The van der Waals surface area contributed by atoms with E-state index in [9.17, 15) is 0 Å². The van der Waals surface area contributed by atoms with Crippen molar-refractivity contribution in [3.8, 4) is 0 Å². The number of unbranched alkanes of at least 4 members (excludes halogenated alkanes) is 1. The van der Waals surface area contributed by atoms with Crippen LogP contribution in [0.4, 0.5) is 0 Å². The highest BCUT2D eigenvalue weighted by Crippen LogP contribution is 2.16. The molecule has 0 saturated carbocycles. The maximum atomic E-state index is 9.04. The summed E-state index contributed by atoms with van der Waals surface area (Å²) in [5, 5.41) is 9.04. The van der Waals surface area contributed by atoms with Crippen molar-refractivity contribution in [3.63, 3.8) is 0 Å². The second-order valence-corrected chi connectivity index (χ2v) is 4.36. The van der Waals surface area contributed by atoms with Crippen molar-refractivity contribution in [2.24, 2.45) is 0 Å². The van der Waals surface area contributed by atoms with Gasteiger partial charge in [0.25, 0.3) is 0 Å². The highest BCUT2D eigenvalue weighted by molar-refractivity contribution is 4.71. The molecule has 1 N–H and O–H groups in total. The van der Waals surface area contributed by atoms with Crippen LogP contribution in [0, 0.1) is 0 Å². The first-order chi connectivity index (χ1) is 9.28. The normalized spacial score (nSPS) is 14.3. The molecule has 0 fully saturated rings. The Morgan fingerprint density at radius 3 is 2.11 bits per heavy atom. The lowest BCUT2D eigenvalue weighted by molar-refractivity contribution is -0.119. The zero-order valence-electron chi connectivity index (χ0n) is 12.2. The smallest absolute Gasteiger partial charge is 0.146 e. The lowest BCUT2D eigenvalue weighted by Crippen LogP contribution is -2.25. The molecule has 0 radical (unpaired) electrons. The Hall–Kier alpha value is -0.460. The number of hydrogen-bond acceptors (Lipinski definition) is 5. The van der Waals surface area contributed by atoms with Crippen molar-refractivity contribution in [3.05, 3.63) is 12.7 Å². The summed E-state index contributed by atoms with van der Waals surface area (Å²) < 4.78 is 21.0. The Labute approximate surface area is 116 Å². The molecule has 0 aliphatic heterocycles. The summed E-state index contributed by atoms with van der Waals surface area (Å²) in [5.41, 5.74) is 0. The Morgan fingerprint density at radius 1 is 1.05 bits per heavy atom. The fraction of sp³-hybridized carbons (Fsp3) is 0.857. The minimum absolute atomic E-state index is 0.0597. The third kappa shape index (κ3) is 11.1. The summed E-state index contributed by atoms with van der Waals surface area (Å²) >= 11 is 0. The van der Waals surface area contributed by atoms with Gasteiger partial charge in [-0.25, -0.2) is 0 Å². The number of aliphatic hydroxyl groups is 1. The van der Waals surface area contributed by atoms with E-state index in [0.717, 1.165) is 25.7 Å². The summed E-state index contributed by atoms with van der Waals surface area (Å²) in [6.07, 6.45) is 6.13. The van der Waals surface area contributed by atoms with Gasteiger partial charge in [0.05, 0.1) is 12.2 Å². The van der Waals surface area contributed by atoms with Crippen molar-refractivity contribution < 1.29 is 24.1 Å². The van der Waals surface area contributed by atoms with Gasteiger partial charge in [-0.1, -0.05) is 6.08 Å². The third-order valence-corrected chi connectivity index (χ3v) is 2.75. The largest absolute Gasteiger partial charge is 0.396 e. The van der Waals surface area contributed by atoms with Crippen molar-refractivity contribution >= 4 is 0 Å². The molecule has 0 spiro atoms. The van der Waals surface area contributed by atoms with Crippen molar-refractivity contribution in [1.29, 1.82) is 0 Å². The standard InChI is InChI=1S/C14H28O5/c1-4-5-6-7-13(18-11-16-2)10-14(8-9-15)19-12-17-3/h4,13-15H,1,5-12H2,2-3H3/t13-,14-/m0/s1. The van der Waals surface area contributed by atoms with Gasteiger partial charge in [-0.05, 0) is 25.7 Å². The Kier molecular flexibility index (Phi) is 13.6. The minimum Gasteiger partial charge on any atom is -0.396 e. The van der Waals surface area contributed by atoms with Crippen LogP contribution in [0.1, 0.15) is 32.1 Å². The van der Waals surface area contributed by atoms with Gasteiger partial charge in [-0.15, -0.1) is 6.58 Å². The number of ether oxygens (including phenoxy) is 4. The lowest BCUT2D eigenvalue weighted by atomic mass is 10.0. The zero-order valence-corrected chi connectivity index (χ0v) is 12.2. The molecule has 0 heterocycles. The van der Waals surface area contributed by atoms with E-state index in [1.807, 2.05) is 6.08 Å². The molecule has 0 aromatic carbocycles. The fourth-order valence-corrected chi connectivity index (χ4v) is 1.79. The van der Waals surface area contributed by atoms with Crippen LogP contribution in [-0.2, 0) is 18.9 Å². The van der Waals surface area contributed by atoms with Gasteiger partial charge in [-0.3, -0.25) is 0 Å². The molecule has 0 aliphatic rings. The quantitative estimate of drug-likeness (QED) is 0.299. The molecule has 5 heteroatoms. The second kappa shape index (κ2) is 14.0. The first kappa shape index (κ1) is 18.5. The second-order valence-electron chi connectivity index (χ2n) is 4.36. The average Bonchev–Trinajstić information content (AvgIpc) is 2.42. The van der Waals surface area contributed by atoms with E-state index in [4.69, 9.17) is 24.1 Å². The van der Waals surface area contributed by atoms with Gasteiger partial charge >= 0.3 is 0 Å². The van der Waals surface area contributed by atoms with Crippen LogP contribution in [0.2, 0.25) is 0 Å². The zero-order chi connectivity index (χ0) is 14.3. The van der Waals surface area contributed by atoms with Crippen LogP contribution in [0.5, 0.6) is 0 Å². The van der Waals surface area contributed by atoms with Crippen LogP contribution in [-0.4, -0.2) is 51.7 Å². The fourth-order valence-electron chi connectivity index (χ4n) is 1.79. The maximum absolute atomic E-state index is 9.04. The molecule has 0 unspecified atom stereocenters. The number of hydrogen-bond donors (Lipinski definition) is 1. The van der Waals surface area contributed by atoms with Gasteiger partial charge in [0.1, 0.15) is 13.6 Å². The average molecular weight is 276 g/mol. The Morgan fingerprint density at radius 2 is 1.63 bits per heavy atom. The highest BCUT2D eigenvalue weighted by Gasteiger charge is 2.17. The van der Waals surface area contributed by atoms with Crippen LogP contribution in [0.3, 0.4) is 0 Å². The van der Waals surface area contributed by atoms with E-state index < -0.39 is 0 Å². The number of aliphatic hydroxyl groups excluding tert-OH is 1. The Bertz CT molecular complexity index is 198. The molecule has 0 aliphatic carbocycles. The van der Waals surface area contributed by atoms with Crippen molar-refractivity contribution in [2.75, 3.05) is 34.4 Å². The highest BCUT2D eigenvalue weighted by atomic mass is 16.7. The summed E-state index contributed by atoms with van der Waals surface area (Å²) in [6, 6.07) is 0. The van der Waals surface area contributed by atoms with E-state index in [2.05, 4.69) is 6.58 Å². The van der Waals surface area contributed by atoms with Crippen LogP contribution < -0.4 is 0 Å². The SMILES string of the molecule is C=CCCC[C@@H](C[C@H](CCO)OCOC)OCOC. The molecule has 0 saturated heterocycles. The molecule has 0 rings (SSSR count). The first-order valence-electron chi connectivity index (χ1n) is 6.71. The molecule has 5 nitrogen and oxygen atoms in total. The predicted molar refractivity (Wildman–Crippen MR) is 73.9 cm³/mol. The molecular weight excluding hydrogens is 248 g/mol. The van der Waals surface area contributed by atoms with Gasteiger partial charge < -0.3 is 24.1 Å². The third-order valence-electron chi connectivity index (χ3n) is 2.75. The van der Waals surface area contributed by atoms with E-state index in [0.29, 0.717) is 6.42 Å². The van der Waals surface area contributed by atoms with Gasteiger partial charge in [0.2, 0.25) is 0 Å². The molecule has 0 amide bonds. The van der Waals surface area contributed by atoms with E-state index >= 15 is 0 Å². The topological polar surface area (TPSA) is 57.2 Å². The summed E-state index contributed by atoms with van der Waals surface area (Å²) in [4.78, 5) is 0. The van der Waals surface area contributed by atoms with Crippen molar-refractivity contribution in [1.82, 2.24) is 0 Å². The lowest BCUT2D eigenvalue weighted by Gasteiger charge is -2.23. The summed E-state index contributed by atoms with van der Waals surface area (Å²) in [5.74, 6) is 0. The van der Waals surface area contributed by atoms with Crippen molar-refractivity contribution in [2.45, 2.75) is 44.3 Å². The number of methoxy groups -OCH3 is 2. The van der Waals surface area contributed by atoms with Gasteiger partial charge in [0.15, 0.2) is 0 Å². The van der Waals surface area contributed by atoms with Gasteiger partial charge in [0, 0.05) is 27.2 Å². The van der Waals surface area contributed by atoms with E-state index in [1.54, 1.807) is 14.2 Å². The molecule has 2 atom stereocenters. The van der Waals surface area contributed by atoms with E-state index in [-0.39, 0.29) is 32.4 Å². The monoisotopic (exact) mass is 276 g/mol. The van der Waals surface area contributed by atoms with Crippen LogP contribution in [0.15, 0.2) is 12.7 Å². The maximum Gasteiger partial charge on any atom is 0.146 e. The predicted octanol–water partition coefficient (Wildman–Crippen LogP) is 2.09. The number of rotatable bonds is 14. The summed E-state index contributed by atoms with van der Waals surface area (Å²) in [7, 11) is 3.19. The molecule has 0 aromatic rings. The minimum atomic E-state index is -0.0597. The number of allylic oxidation sites excluding steroid dienone is 1.